The van der Waals surface area contributed by atoms with Crippen molar-refractivity contribution in [3.05, 3.63) is 52.2 Å². The Hall–Kier alpha value is -2.74. The zero-order valence-electron chi connectivity index (χ0n) is 16.7. The summed E-state index contributed by atoms with van der Waals surface area (Å²) in [4.78, 5) is 16.6. The van der Waals surface area contributed by atoms with Crippen molar-refractivity contribution in [3.8, 4) is 11.1 Å². The molecule has 0 radical (unpaired) electrons. The first-order valence-electron chi connectivity index (χ1n) is 9.24. The Morgan fingerprint density at radius 2 is 1.82 bits per heavy atom. The molecule has 1 aromatic carbocycles. The average Bonchev–Trinajstić information content (AvgIpc) is 3.05. The molecule has 0 aliphatic heterocycles. The molecular formula is C20H26N4O3S. The second-order valence-electron chi connectivity index (χ2n) is 6.71. The van der Waals surface area contributed by atoms with Crippen molar-refractivity contribution in [3.63, 3.8) is 0 Å². The van der Waals surface area contributed by atoms with Crippen LogP contribution in [0.15, 0.2) is 35.5 Å². The number of aromatic nitrogens is 3. The Kier molecular flexibility index (Phi) is 7.28. The molecule has 0 bridgehead atoms. The number of hydrogen-bond acceptors (Lipinski definition) is 5. The van der Waals surface area contributed by atoms with E-state index < -0.39 is 10.5 Å². The summed E-state index contributed by atoms with van der Waals surface area (Å²) in [6, 6.07) is 6.39. The van der Waals surface area contributed by atoms with Crippen LogP contribution in [0.2, 0.25) is 0 Å². The van der Waals surface area contributed by atoms with Gasteiger partial charge < -0.3 is 9.13 Å². The summed E-state index contributed by atoms with van der Waals surface area (Å²) in [5.74, 6) is 0. The molecule has 0 unspecified atom stereocenters. The fourth-order valence-electron chi connectivity index (χ4n) is 3.21. The molecule has 2 heterocycles. The summed E-state index contributed by atoms with van der Waals surface area (Å²) < 4.78 is 26.7. The maximum atomic E-state index is 12.0. The van der Waals surface area contributed by atoms with Crippen LogP contribution in [-0.2, 0) is 30.5 Å². The van der Waals surface area contributed by atoms with Crippen LogP contribution in [0.5, 0.6) is 0 Å². The maximum Gasteiger partial charge on any atom is 0.308 e. The second-order valence-corrected chi connectivity index (χ2v) is 7.18. The predicted octanol–water partition coefficient (Wildman–Crippen LogP) is 3.70. The molecule has 0 spiro atoms. The van der Waals surface area contributed by atoms with Crippen molar-refractivity contribution in [1.82, 2.24) is 14.1 Å². The van der Waals surface area contributed by atoms with Crippen molar-refractivity contribution < 1.29 is 8.42 Å². The first-order valence-corrected chi connectivity index (χ1v) is 10.3. The quantitative estimate of drug-likeness (QED) is 0.703. The van der Waals surface area contributed by atoms with E-state index in [1.165, 1.54) is 17.5 Å². The molecular weight excluding hydrogens is 376 g/mol. The minimum absolute atomic E-state index is 0.0588. The number of rotatable bonds is 5. The van der Waals surface area contributed by atoms with Gasteiger partial charge in [0.15, 0.2) is 0 Å². The fraction of sp³-hybridized carbons (Fsp3) is 0.400. The summed E-state index contributed by atoms with van der Waals surface area (Å²) in [5.41, 5.74) is 6.59. The number of pyridine rings is 1. The van der Waals surface area contributed by atoms with E-state index in [1.807, 2.05) is 32.6 Å². The topological polar surface area (TPSA) is 97.8 Å². The lowest BCUT2D eigenvalue weighted by atomic mass is 10.0. The maximum absolute atomic E-state index is 12.0. The molecule has 7 nitrogen and oxygen atoms in total. The van der Waals surface area contributed by atoms with Crippen molar-refractivity contribution in [2.75, 3.05) is 0 Å². The zero-order chi connectivity index (χ0) is 20.8. The zero-order valence-corrected chi connectivity index (χ0v) is 17.5. The average molecular weight is 403 g/mol. The van der Waals surface area contributed by atoms with Gasteiger partial charge in [0, 0.05) is 25.4 Å². The largest absolute Gasteiger partial charge is 0.331 e. The molecule has 2 aromatic heterocycles. The first kappa shape index (κ1) is 21.6. The minimum atomic E-state index is -2.61. The molecule has 0 atom stereocenters. The molecule has 0 aliphatic rings. The molecule has 3 rings (SSSR count). The number of nitrogens with zero attached hydrogens (tertiary/aromatic N) is 3. The van der Waals surface area contributed by atoms with E-state index in [9.17, 15) is 4.79 Å². The first-order chi connectivity index (χ1) is 13.3. The van der Waals surface area contributed by atoms with Gasteiger partial charge >= 0.3 is 10.5 Å². The lowest BCUT2D eigenvalue weighted by Gasteiger charge is -2.10. The number of aryl methyl sites for hydroxylation is 4. The van der Waals surface area contributed by atoms with Gasteiger partial charge in [-0.3, -0.25) is 4.79 Å². The summed E-state index contributed by atoms with van der Waals surface area (Å²) in [7, 11) is -0.802. The van der Waals surface area contributed by atoms with Crippen LogP contribution < -0.4 is 5.56 Å². The van der Waals surface area contributed by atoms with Crippen molar-refractivity contribution in [1.29, 1.82) is 4.78 Å². The van der Waals surface area contributed by atoms with Gasteiger partial charge in [-0.15, -0.1) is 0 Å². The molecule has 0 fully saturated rings. The molecule has 1 N–H and O–H groups in total. The van der Waals surface area contributed by atoms with E-state index in [2.05, 4.69) is 35.5 Å². The summed E-state index contributed by atoms with van der Waals surface area (Å²) >= 11 is 0. The third-order valence-corrected chi connectivity index (χ3v) is 4.63. The number of unbranched alkanes of at least 4 members (excludes halogenated alkanes) is 1. The van der Waals surface area contributed by atoms with Crippen LogP contribution in [0.3, 0.4) is 0 Å². The number of fused-ring (bicyclic) bond motifs is 1. The van der Waals surface area contributed by atoms with Gasteiger partial charge in [0.1, 0.15) is 0 Å². The number of nitrogens with one attached hydrogen (secondary N) is 1. The van der Waals surface area contributed by atoms with Gasteiger partial charge in [-0.05, 0) is 54.7 Å². The molecule has 150 valence electrons. The molecule has 0 aliphatic carbocycles. The summed E-state index contributed by atoms with van der Waals surface area (Å²) in [6.45, 7) is 7.23. The van der Waals surface area contributed by atoms with Gasteiger partial charge in [0.05, 0.1) is 17.4 Å². The number of benzene rings is 1. The predicted molar refractivity (Wildman–Crippen MR) is 111 cm³/mol. The highest BCUT2D eigenvalue weighted by Gasteiger charge is 2.11. The van der Waals surface area contributed by atoms with Crippen LogP contribution in [0.25, 0.3) is 22.2 Å². The smallest absolute Gasteiger partial charge is 0.308 e. The van der Waals surface area contributed by atoms with Crippen LogP contribution in [0.4, 0.5) is 0 Å². The van der Waals surface area contributed by atoms with Crippen LogP contribution in [0.1, 0.15) is 37.8 Å². The summed E-state index contributed by atoms with van der Waals surface area (Å²) in [6.07, 6.45) is 7.13. The standard InChI is InChI=1S/C20H25N3O.HNO2S/c1-5-7-8-23-13-21-19-15(6-2)10-16(11-18(19)23)17-9-14(3)20(24)22(4)12-17;1-4(2)3/h9-13H,5-8H2,1-4H3;1H. The van der Waals surface area contributed by atoms with E-state index in [0.717, 1.165) is 41.6 Å². The second kappa shape index (κ2) is 9.45. The van der Waals surface area contributed by atoms with Crippen LogP contribution in [-0.4, -0.2) is 22.5 Å². The van der Waals surface area contributed by atoms with E-state index in [4.69, 9.17) is 13.2 Å². The fourth-order valence-corrected chi connectivity index (χ4v) is 3.21. The van der Waals surface area contributed by atoms with Crippen LogP contribution in [0, 0.1) is 11.7 Å². The minimum Gasteiger partial charge on any atom is -0.331 e. The molecule has 28 heavy (non-hydrogen) atoms. The van der Waals surface area contributed by atoms with Crippen molar-refractivity contribution in [2.45, 2.75) is 46.6 Å². The normalized spacial score (nSPS) is 10.6. The highest BCUT2D eigenvalue weighted by molar-refractivity contribution is 7.60. The van der Waals surface area contributed by atoms with E-state index in [-0.39, 0.29) is 5.56 Å². The molecule has 0 saturated heterocycles. The molecule has 3 aromatic rings. The third-order valence-electron chi connectivity index (χ3n) is 4.63. The number of hydrogen-bond donors (Lipinski definition) is 1. The molecule has 0 saturated carbocycles. The highest BCUT2D eigenvalue weighted by atomic mass is 32.2. The summed E-state index contributed by atoms with van der Waals surface area (Å²) in [5, 5.41) is 0. The van der Waals surface area contributed by atoms with Gasteiger partial charge in [0.25, 0.3) is 5.56 Å². The Labute approximate surface area is 166 Å². The monoisotopic (exact) mass is 402 g/mol. The van der Waals surface area contributed by atoms with E-state index in [1.54, 1.807) is 4.57 Å². The van der Waals surface area contributed by atoms with Crippen LogP contribution >= 0.6 is 0 Å². The third kappa shape index (κ3) is 4.95. The van der Waals surface area contributed by atoms with Crippen molar-refractivity contribution >= 4 is 21.5 Å². The van der Waals surface area contributed by atoms with E-state index >= 15 is 0 Å². The molecule has 8 heteroatoms. The lowest BCUT2D eigenvalue weighted by Crippen LogP contribution is -2.18. The Balaban J connectivity index is 0.000000640. The van der Waals surface area contributed by atoms with Gasteiger partial charge in [0.2, 0.25) is 0 Å². The van der Waals surface area contributed by atoms with Gasteiger partial charge in [-0.1, -0.05) is 20.3 Å². The molecule has 0 amide bonds. The highest BCUT2D eigenvalue weighted by Crippen LogP contribution is 2.28. The van der Waals surface area contributed by atoms with E-state index in [0.29, 0.717) is 0 Å². The Morgan fingerprint density at radius 1 is 1.14 bits per heavy atom. The van der Waals surface area contributed by atoms with Gasteiger partial charge in [-0.25, -0.2) is 4.98 Å². The Morgan fingerprint density at radius 3 is 2.39 bits per heavy atom. The van der Waals surface area contributed by atoms with Crippen molar-refractivity contribution in [2.24, 2.45) is 7.05 Å². The lowest BCUT2D eigenvalue weighted by molar-refractivity contribution is 0.620. The number of imidazole rings is 1. The Bertz CT molecular complexity index is 1110. The van der Waals surface area contributed by atoms with Gasteiger partial charge in [-0.2, -0.15) is 13.2 Å². The SMILES string of the molecule is CCCCn1cnc2c(CC)cc(-c3cc(C)c(=O)n(C)c3)cc21.N=S(=O)=O.